The van der Waals surface area contributed by atoms with Gasteiger partial charge in [-0.05, 0) is 12.8 Å². The number of unbranched alkanes of at least 4 members (excludes halogenated alkanes) is 14. The molecule has 0 bridgehead atoms. The quantitative estimate of drug-likeness (QED) is 0.157. The second-order valence-corrected chi connectivity index (χ2v) is 8.42. The molecule has 0 fully saturated rings. The molecule has 0 saturated carbocycles. The van der Waals surface area contributed by atoms with Crippen molar-refractivity contribution in [3.8, 4) is 0 Å². The second-order valence-electron chi connectivity index (χ2n) is 7.05. The van der Waals surface area contributed by atoms with E-state index in [1.165, 1.54) is 64.2 Å². The first-order valence-corrected chi connectivity index (χ1v) is 12.1. The second kappa shape index (κ2) is 18.9. The van der Waals surface area contributed by atoms with Crippen LogP contribution in [0.15, 0.2) is 0 Å². The van der Waals surface area contributed by atoms with Gasteiger partial charge < -0.3 is 0 Å². The number of rotatable bonds is 20. The van der Waals surface area contributed by atoms with E-state index in [2.05, 4.69) is 13.8 Å². The van der Waals surface area contributed by atoms with Crippen LogP contribution in [0.25, 0.3) is 0 Å². The van der Waals surface area contributed by atoms with Crippen molar-refractivity contribution in [2.45, 2.75) is 117 Å². The van der Waals surface area contributed by atoms with E-state index in [-0.39, 0.29) is 13.2 Å². The van der Waals surface area contributed by atoms with Crippen LogP contribution in [-0.2, 0) is 13.6 Å². The summed E-state index contributed by atoms with van der Waals surface area (Å²) in [6.45, 7) is 4.81. The number of halogens is 1. The van der Waals surface area contributed by atoms with Gasteiger partial charge >= 0.3 is 7.91 Å². The maximum atomic E-state index is 13.6. The van der Waals surface area contributed by atoms with Crippen molar-refractivity contribution >= 4 is 7.91 Å². The lowest BCUT2D eigenvalue weighted by Crippen LogP contribution is -1.96. The molecule has 0 aromatic heterocycles. The van der Waals surface area contributed by atoms with Crippen LogP contribution in [0.4, 0.5) is 4.20 Å². The van der Waals surface area contributed by atoms with Crippen LogP contribution in [-0.4, -0.2) is 13.2 Å². The molecule has 0 rings (SSSR count). The SMILES string of the molecule is CCCCCCCCCCOP(=O)(F)OCCCCCCCCCC. The molecule has 5 heteroatoms. The molecule has 0 aromatic carbocycles. The zero-order valence-electron chi connectivity index (χ0n) is 16.8. The molecule has 0 aromatic rings. The number of hydrogen-bond donors (Lipinski definition) is 0. The Morgan fingerprint density at radius 1 is 0.560 bits per heavy atom. The van der Waals surface area contributed by atoms with E-state index < -0.39 is 7.91 Å². The summed E-state index contributed by atoms with van der Waals surface area (Å²) < 4.78 is 34.8. The molecule has 152 valence electrons. The molecule has 0 saturated heterocycles. The predicted molar refractivity (Wildman–Crippen MR) is 106 cm³/mol. The van der Waals surface area contributed by atoms with Gasteiger partial charge in [0, 0.05) is 0 Å². The Bertz CT molecular complexity index is 287. The Balaban J connectivity index is 3.34. The smallest absolute Gasteiger partial charge is 0.284 e. The van der Waals surface area contributed by atoms with Crippen molar-refractivity contribution in [2.24, 2.45) is 0 Å². The Morgan fingerprint density at radius 3 is 1.16 bits per heavy atom. The largest absolute Gasteiger partial charge is 0.513 e. The highest BCUT2D eigenvalue weighted by molar-refractivity contribution is 7.48. The highest BCUT2D eigenvalue weighted by Crippen LogP contribution is 2.50. The van der Waals surface area contributed by atoms with Gasteiger partial charge in [0.2, 0.25) is 0 Å². The summed E-state index contributed by atoms with van der Waals surface area (Å²) in [7, 11) is -4.33. The van der Waals surface area contributed by atoms with Crippen LogP contribution in [0, 0.1) is 0 Å². The molecule has 0 aliphatic heterocycles. The molecule has 0 heterocycles. The van der Waals surface area contributed by atoms with Gasteiger partial charge in [0.1, 0.15) is 0 Å². The van der Waals surface area contributed by atoms with Gasteiger partial charge in [-0.1, -0.05) is 104 Å². The molecular weight excluding hydrogens is 338 g/mol. The molecule has 0 unspecified atom stereocenters. The van der Waals surface area contributed by atoms with E-state index in [1.807, 2.05) is 0 Å². The lowest BCUT2D eigenvalue weighted by atomic mass is 10.1. The maximum Gasteiger partial charge on any atom is 0.513 e. The molecule has 0 amide bonds. The van der Waals surface area contributed by atoms with Gasteiger partial charge in [-0.3, -0.25) is 9.05 Å². The summed E-state index contributed by atoms with van der Waals surface area (Å²) in [4.78, 5) is 0. The van der Waals surface area contributed by atoms with E-state index in [1.54, 1.807) is 0 Å². The van der Waals surface area contributed by atoms with Crippen LogP contribution < -0.4 is 0 Å². The molecule has 0 radical (unpaired) electrons. The fourth-order valence-corrected chi connectivity index (χ4v) is 3.63. The molecule has 25 heavy (non-hydrogen) atoms. The third-order valence-corrected chi connectivity index (χ3v) is 5.47. The van der Waals surface area contributed by atoms with Crippen LogP contribution in [0.2, 0.25) is 0 Å². The lowest BCUT2D eigenvalue weighted by Gasteiger charge is -2.10. The summed E-state index contributed by atoms with van der Waals surface area (Å²) in [5.74, 6) is 0. The van der Waals surface area contributed by atoms with Gasteiger partial charge in [-0.15, -0.1) is 4.20 Å². The fraction of sp³-hybridized carbons (Fsp3) is 1.00. The highest BCUT2D eigenvalue weighted by atomic mass is 31.2. The molecule has 0 spiro atoms. The Morgan fingerprint density at radius 2 is 0.840 bits per heavy atom. The van der Waals surface area contributed by atoms with Gasteiger partial charge in [-0.2, -0.15) is 0 Å². The van der Waals surface area contributed by atoms with Gasteiger partial charge in [0.15, 0.2) is 0 Å². The van der Waals surface area contributed by atoms with Crippen molar-refractivity contribution in [2.75, 3.05) is 13.2 Å². The minimum absolute atomic E-state index is 0.195. The van der Waals surface area contributed by atoms with E-state index in [9.17, 15) is 8.76 Å². The number of hydrogen-bond acceptors (Lipinski definition) is 3. The normalized spacial score (nSPS) is 12.0. The molecule has 0 atom stereocenters. The minimum atomic E-state index is -4.33. The standard InChI is InChI=1S/C20H42FO3P/c1-3-5-7-9-11-13-15-17-19-23-25(21,22)24-20-18-16-14-12-10-8-6-4-2/h3-20H2,1-2H3. The fourth-order valence-electron chi connectivity index (χ4n) is 2.86. The van der Waals surface area contributed by atoms with Crippen molar-refractivity contribution < 1.29 is 17.8 Å². The Hall–Kier alpha value is 0.0800. The summed E-state index contributed by atoms with van der Waals surface area (Å²) in [6, 6.07) is 0. The Kier molecular flexibility index (Phi) is 18.9. The molecule has 0 aliphatic carbocycles. The van der Waals surface area contributed by atoms with Crippen molar-refractivity contribution in [1.82, 2.24) is 0 Å². The van der Waals surface area contributed by atoms with E-state index in [0.29, 0.717) is 0 Å². The zero-order valence-corrected chi connectivity index (χ0v) is 17.7. The summed E-state index contributed by atoms with van der Waals surface area (Å²) in [5, 5.41) is 0. The highest BCUT2D eigenvalue weighted by Gasteiger charge is 2.23. The van der Waals surface area contributed by atoms with Gasteiger partial charge in [-0.25, -0.2) is 4.57 Å². The topological polar surface area (TPSA) is 35.5 Å². The maximum absolute atomic E-state index is 13.6. The summed E-state index contributed by atoms with van der Waals surface area (Å²) >= 11 is 0. The molecule has 0 N–H and O–H groups in total. The molecule has 0 aliphatic rings. The molecule has 3 nitrogen and oxygen atoms in total. The van der Waals surface area contributed by atoms with Crippen molar-refractivity contribution in [3.05, 3.63) is 0 Å². The van der Waals surface area contributed by atoms with E-state index >= 15 is 0 Å². The van der Waals surface area contributed by atoms with Crippen LogP contribution in [0.3, 0.4) is 0 Å². The van der Waals surface area contributed by atoms with E-state index in [4.69, 9.17) is 9.05 Å². The average Bonchev–Trinajstić information content (AvgIpc) is 2.59. The summed E-state index contributed by atoms with van der Waals surface area (Å²) in [6.07, 6.45) is 18.6. The minimum Gasteiger partial charge on any atom is -0.284 e. The third-order valence-electron chi connectivity index (χ3n) is 4.49. The van der Waals surface area contributed by atoms with Crippen LogP contribution >= 0.6 is 7.91 Å². The first-order chi connectivity index (χ1) is 12.1. The van der Waals surface area contributed by atoms with Crippen molar-refractivity contribution in [3.63, 3.8) is 0 Å². The molecular formula is C20H42FO3P. The Labute approximate surface area is 156 Å². The lowest BCUT2D eigenvalue weighted by molar-refractivity contribution is 0.169. The van der Waals surface area contributed by atoms with Crippen LogP contribution in [0.1, 0.15) is 117 Å². The third kappa shape index (κ3) is 20.2. The van der Waals surface area contributed by atoms with Crippen LogP contribution in [0.5, 0.6) is 0 Å². The van der Waals surface area contributed by atoms with Crippen molar-refractivity contribution in [1.29, 1.82) is 0 Å². The van der Waals surface area contributed by atoms with E-state index in [0.717, 1.165) is 38.5 Å². The first kappa shape index (κ1) is 25.1. The first-order valence-electron chi connectivity index (χ1n) is 10.7. The van der Waals surface area contributed by atoms with Gasteiger partial charge in [0.05, 0.1) is 13.2 Å². The zero-order chi connectivity index (χ0) is 18.6. The summed E-state index contributed by atoms with van der Waals surface area (Å²) in [5.41, 5.74) is 0. The average molecular weight is 381 g/mol. The monoisotopic (exact) mass is 380 g/mol. The predicted octanol–water partition coefficient (Wildman–Crippen LogP) is 8.38. The van der Waals surface area contributed by atoms with Gasteiger partial charge in [0.25, 0.3) is 0 Å².